The van der Waals surface area contributed by atoms with Gasteiger partial charge in [0.05, 0.1) is 18.1 Å². The molecule has 0 saturated carbocycles. The smallest absolute Gasteiger partial charge is 0.224 e. The number of nitrogens with zero attached hydrogens (tertiary/aromatic N) is 2. The maximum absolute atomic E-state index is 13.0. The predicted molar refractivity (Wildman–Crippen MR) is 134 cm³/mol. The molecule has 0 aliphatic carbocycles. The molecule has 4 rings (SSSR count). The highest BCUT2D eigenvalue weighted by Gasteiger charge is 2.57. The number of ether oxygens (including phenoxy) is 1. The highest BCUT2D eigenvalue weighted by molar-refractivity contribution is 5.98. The Hall–Kier alpha value is -2.86. The summed E-state index contributed by atoms with van der Waals surface area (Å²) in [4.78, 5) is 29.7. The zero-order chi connectivity index (χ0) is 24.7. The number of hydrogen-bond donors (Lipinski definition) is 1. The number of carbonyl (C=O) groups excluding carboxylic acids is 2. The molecule has 2 aliphatic heterocycles. The Labute approximate surface area is 203 Å². The third kappa shape index (κ3) is 4.09. The van der Waals surface area contributed by atoms with E-state index in [2.05, 4.69) is 18.0 Å². The van der Waals surface area contributed by atoms with Crippen LogP contribution in [0, 0.1) is 17.9 Å². The maximum atomic E-state index is 13.0. The Kier molecular flexibility index (Phi) is 6.47. The van der Waals surface area contributed by atoms with Crippen LogP contribution in [0.15, 0.2) is 42.5 Å². The molecule has 2 heterocycles. The number of fused-ring (bicyclic) bond motifs is 1. The second-order valence-corrected chi connectivity index (χ2v) is 10.6. The van der Waals surface area contributed by atoms with E-state index in [1.807, 2.05) is 57.2 Å². The lowest BCUT2D eigenvalue weighted by molar-refractivity contribution is -0.127. The molecular weight excluding hydrogens is 426 g/mol. The van der Waals surface area contributed by atoms with Gasteiger partial charge in [0, 0.05) is 30.5 Å². The number of carbonyl (C=O) groups is 2. The highest BCUT2D eigenvalue weighted by atomic mass is 16.5. The van der Waals surface area contributed by atoms with Gasteiger partial charge in [-0.2, -0.15) is 0 Å². The van der Waals surface area contributed by atoms with Gasteiger partial charge in [0.1, 0.15) is 5.75 Å². The lowest BCUT2D eigenvalue weighted by atomic mass is 9.57. The van der Waals surface area contributed by atoms with E-state index < -0.39 is 22.8 Å². The average Bonchev–Trinajstić information content (AvgIpc) is 2.77. The number of piperidine rings is 1. The Morgan fingerprint density at radius 3 is 2.50 bits per heavy atom. The van der Waals surface area contributed by atoms with Crippen molar-refractivity contribution >= 4 is 17.5 Å². The van der Waals surface area contributed by atoms with Crippen LogP contribution in [0.1, 0.15) is 51.7 Å². The molecule has 2 N–H and O–H groups in total. The minimum Gasteiger partial charge on any atom is -0.493 e. The van der Waals surface area contributed by atoms with Crippen LogP contribution in [-0.4, -0.2) is 49.0 Å². The molecule has 2 amide bonds. The van der Waals surface area contributed by atoms with Gasteiger partial charge >= 0.3 is 0 Å². The van der Waals surface area contributed by atoms with Gasteiger partial charge in [-0.3, -0.25) is 9.59 Å². The van der Waals surface area contributed by atoms with Crippen molar-refractivity contribution in [3.8, 4) is 5.75 Å². The average molecular weight is 463 g/mol. The highest BCUT2D eigenvalue weighted by Crippen LogP contribution is 2.54. The fourth-order valence-electron chi connectivity index (χ4n) is 6.39. The molecule has 181 valence electrons. The molecule has 0 bridgehead atoms. The summed E-state index contributed by atoms with van der Waals surface area (Å²) in [5, 5.41) is 0. The zero-order valence-corrected chi connectivity index (χ0v) is 20.9. The van der Waals surface area contributed by atoms with E-state index in [1.54, 1.807) is 11.0 Å². The number of anilines is 1. The Balaban J connectivity index is 1.70. The minimum atomic E-state index is -0.817. The summed E-state index contributed by atoms with van der Waals surface area (Å²) in [6.45, 7) is 10.3. The molecule has 3 atom stereocenters. The standard InChI is InChI=1S/C28H36N3O3/c1-19(32)31-24-11-7-6-10-23(24)28(4,25(26(29)33)27(31,2)3)21-12-14-22(15-13-21)34-18-20-9-8-16-30(5)17-20/h7,10-15,20,25H,8-9,16-18H2,1-5H3,(H2,29,33). The van der Waals surface area contributed by atoms with Crippen LogP contribution >= 0.6 is 0 Å². The van der Waals surface area contributed by atoms with Crippen molar-refractivity contribution in [3.05, 3.63) is 59.7 Å². The van der Waals surface area contributed by atoms with E-state index >= 15 is 0 Å². The van der Waals surface area contributed by atoms with E-state index in [-0.39, 0.29) is 5.91 Å². The van der Waals surface area contributed by atoms with Crippen LogP contribution in [0.3, 0.4) is 0 Å². The van der Waals surface area contributed by atoms with Gasteiger partial charge in [-0.05, 0) is 81.7 Å². The molecule has 0 aromatic heterocycles. The summed E-state index contributed by atoms with van der Waals surface area (Å²) < 4.78 is 6.12. The van der Waals surface area contributed by atoms with Crippen LogP contribution in [0.4, 0.5) is 5.69 Å². The number of amides is 2. The summed E-state index contributed by atoms with van der Waals surface area (Å²) >= 11 is 0. The fraction of sp³-hybridized carbons (Fsp3) is 0.500. The van der Waals surface area contributed by atoms with Crippen LogP contribution < -0.4 is 15.4 Å². The van der Waals surface area contributed by atoms with Crippen molar-refractivity contribution in [1.82, 2.24) is 4.90 Å². The molecule has 1 fully saturated rings. The first-order valence-corrected chi connectivity index (χ1v) is 12.1. The van der Waals surface area contributed by atoms with Crippen molar-refractivity contribution in [2.45, 2.75) is 51.5 Å². The summed E-state index contributed by atoms with van der Waals surface area (Å²) in [7, 11) is 2.16. The van der Waals surface area contributed by atoms with Crippen molar-refractivity contribution in [1.29, 1.82) is 0 Å². The lowest BCUT2D eigenvalue weighted by Gasteiger charge is -2.55. The normalized spacial score (nSPS) is 26.6. The van der Waals surface area contributed by atoms with Crippen molar-refractivity contribution in [3.63, 3.8) is 0 Å². The molecule has 1 saturated heterocycles. The maximum Gasteiger partial charge on any atom is 0.224 e. The third-order valence-electron chi connectivity index (χ3n) is 7.76. The van der Waals surface area contributed by atoms with Gasteiger partial charge in [0.15, 0.2) is 0 Å². The molecule has 3 unspecified atom stereocenters. The van der Waals surface area contributed by atoms with Crippen LogP contribution in [-0.2, 0) is 15.0 Å². The molecule has 2 aromatic carbocycles. The minimum absolute atomic E-state index is 0.122. The Morgan fingerprint density at radius 2 is 1.88 bits per heavy atom. The summed E-state index contributed by atoms with van der Waals surface area (Å²) in [5.74, 6) is 0.153. The molecule has 2 aliphatic rings. The number of benzene rings is 2. The first-order valence-electron chi connectivity index (χ1n) is 12.1. The summed E-state index contributed by atoms with van der Waals surface area (Å²) in [6.07, 6.45) is 2.40. The van der Waals surface area contributed by atoms with E-state index in [4.69, 9.17) is 10.5 Å². The summed E-state index contributed by atoms with van der Waals surface area (Å²) in [6, 6.07) is 16.7. The summed E-state index contributed by atoms with van der Waals surface area (Å²) in [5.41, 5.74) is 7.09. The van der Waals surface area contributed by atoms with Gasteiger partial charge in [-0.25, -0.2) is 0 Å². The van der Waals surface area contributed by atoms with Crippen molar-refractivity contribution < 1.29 is 14.3 Å². The van der Waals surface area contributed by atoms with E-state index in [9.17, 15) is 9.59 Å². The van der Waals surface area contributed by atoms with Crippen LogP contribution in [0.2, 0.25) is 0 Å². The quantitative estimate of drug-likeness (QED) is 0.734. The predicted octanol–water partition coefficient (Wildman–Crippen LogP) is 3.76. The number of hydrogen-bond acceptors (Lipinski definition) is 4. The van der Waals surface area contributed by atoms with Crippen molar-refractivity contribution in [2.24, 2.45) is 17.6 Å². The van der Waals surface area contributed by atoms with Crippen LogP contribution in [0.5, 0.6) is 5.75 Å². The first-order chi connectivity index (χ1) is 16.1. The van der Waals surface area contributed by atoms with E-state index in [1.165, 1.54) is 19.8 Å². The fourth-order valence-corrected chi connectivity index (χ4v) is 6.39. The Morgan fingerprint density at radius 1 is 1.18 bits per heavy atom. The number of nitrogens with two attached hydrogens (primary N) is 1. The second kappa shape index (κ2) is 9.06. The van der Waals surface area contributed by atoms with Gasteiger partial charge in [-0.15, -0.1) is 0 Å². The molecule has 1 radical (unpaired) electrons. The monoisotopic (exact) mass is 462 g/mol. The Bertz CT molecular complexity index is 1060. The zero-order valence-electron chi connectivity index (χ0n) is 20.9. The van der Waals surface area contributed by atoms with E-state index in [0.717, 1.165) is 35.7 Å². The molecule has 34 heavy (non-hydrogen) atoms. The van der Waals surface area contributed by atoms with Gasteiger partial charge < -0.3 is 20.3 Å². The molecular formula is C28H36N3O3. The van der Waals surface area contributed by atoms with Gasteiger partial charge in [-0.1, -0.05) is 25.1 Å². The number of rotatable bonds is 5. The largest absolute Gasteiger partial charge is 0.493 e. The number of primary amides is 1. The molecule has 6 nitrogen and oxygen atoms in total. The van der Waals surface area contributed by atoms with Gasteiger partial charge in [0.25, 0.3) is 0 Å². The van der Waals surface area contributed by atoms with Crippen molar-refractivity contribution in [2.75, 3.05) is 31.6 Å². The SMILES string of the molecule is CC(=O)N1c2cc[c]cc2C(C)(c2ccc(OCC3CCCN(C)C3)cc2)C(C(N)=O)C1(C)C. The molecule has 0 spiro atoms. The van der Waals surface area contributed by atoms with E-state index in [0.29, 0.717) is 12.5 Å². The first kappa shape index (κ1) is 24.3. The van der Waals surface area contributed by atoms with Gasteiger partial charge in [0.2, 0.25) is 11.8 Å². The number of likely N-dealkylation sites (tertiary alicyclic amines) is 1. The molecule has 2 aromatic rings. The third-order valence-corrected chi connectivity index (χ3v) is 7.76. The second-order valence-electron chi connectivity index (χ2n) is 10.6. The molecule has 6 heteroatoms. The van der Waals surface area contributed by atoms with Crippen LogP contribution in [0.25, 0.3) is 0 Å². The lowest BCUT2D eigenvalue weighted by Crippen LogP contribution is -2.65. The topological polar surface area (TPSA) is 75.9 Å².